The van der Waals surface area contributed by atoms with E-state index in [1.165, 1.54) is 12.1 Å². The Morgan fingerprint density at radius 2 is 1.17 bits per heavy atom. The number of benzene rings is 3. The molecule has 0 bridgehead atoms. The first kappa shape index (κ1) is 28.2. The highest BCUT2D eigenvalue weighted by molar-refractivity contribution is 9.08. The van der Waals surface area contributed by atoms with Crippen molar-refractivity contribution in [3.63, 3.8) is 0 Å². The molecule has 5 nitrogen and oxygen atoms in total. The highest BCUT2D eigenvalue weighted by Gasteiger charge is 2.30. The fraction of sp³-hybridized carbons (Fsp3) is 0.379. The largest absolute Gasteiger partial charge is 0.507 e. The van der Waals surface area contributed by atoms with E-state index in [2.05, 4.69) is 73.4 Å². The Kier molecular flexibility index (Phi) is 8.26. The highest BCUT2D eigenvalue weighted by Crippen LogP contribution is 2.46. The van der Waals surface area contributed by atoms with E-state index in [1.807, 2.05) is 24.3 Å². The molecule has 0 aliphatic heterocycles. The number of rotatable bonds is 6. The van der Waals surface area contributed by atoms with Crippen LogP contribution < -0.4 is 0 Å². The van der Waals surface area contributed by atoms with Crippen LogP contribution in [0.4, 0.5) is 5.69 Å². The summed E-state index contributed by atoms with van der Waals surface area (Å²) < 4.78 is 0. The van der Waals surface area contributed by atoms with Crippen LogP contribution >= 0.6 is 31.9 Å². The van der Waals surface area contributed by atoms with Crippen molar-refractivity contribution < 1.29 is 15.1 Å². The van der Waals surface area contributed by atoms with Gasteiger partial charge in [-0.2, -0.15) is 0 Å². The lowest BCUT2D eigenvalue weighted by Crippen LogP contribution is -2.16. The first-order valence-electron chi connectivity index (χ1n) is 11.8. The molecule has 0 aliphatic carbocycles. The molecule has 0 saturated heterocycles. The van der Waals surface area contributed by atoms with Gasteiger partial charge < -0.3 is 10.2 Å². The zero-order valence-electron chi connectivity index (χ0n) is 21.5. The molecule has 0 radical (unpaired) electrons. The topological polar surface area (TPSA) is 83.6 Å². The maximum absolute atomic E-state index is 11.4. The van der Waals surface area contributed by atoms with Crippen LogP contribution in [-0.4, -0.2) is 15.1 Å². The molecule has 0 spiro atoms. The molecular weight excluding hydrogens is 586 g/mol. The van der Waals surface area contributed by atoms with Gasteiger partial charge in [0.05, 0.1) is 4.92 Å². The summed E-state index contributed by atoms with van der Waals surface area (Å²) in [5, 5.41) is 35.1. The molecule has 0 aliphatic rings. The second-order valence-electron chi connectivity index (χ2n) is 11.2. The van der Waals surface area contributed by atoms with Crippen molar-refractivity contribution in [2.24, 2.45) is 0 Å². The Hall–Kier alpha value is -2.38. The van der Waals surface area contributed by atoms with E-state index < -0.39 is 10.8 Å². The summed E-state index contributed by atoms with van der Waals surface area (Å²) in [5.74, 6) is -0.264. The van der Waals surface area contributed by atoms with Crippen molar-refractivity contribution in [2.45, 2.75) is 69.0 Å². The van der Waals surface area contributed by atoms with E-state index in [4.69, 9.17) is 0 Å². The molecule has 0 amide bonds. The number of nitro groups is 1. The minimum atomic E-state index is -0.550. The van der Waals surface area contributed by atoms with Gasteiger partial charge in [0.1, 0.15) is 11.5 Å². The van der Waals surface area contributed by atoms with Gasteiger partial charge in [0.25, 0.3) is 5.69 Å². The Morgan fingerprint density at radius 3 is 1.47 bits per heavy atom. The van der Waals surface area contributed by atoms with Gasteiger partial charge in [0.2, 0.25) is 0 Å². The zero-order chi connectivity index (χ0) is 27.0. The van der Waals surface area contributed by atoms with Crippen molar-refractivity contribution in [1.82, 2.24) is 0 Å². The third-order valence-corrected chi connectivity index (χ3v) is 7.72. The Bertz CT molecular complexity index is 1200. The van der Waals surface area contributed by atoms with Crippen molar-refractivity contribution in [2.75, 3.05) is 0 Å². The summed E-state index contributed by atoms with van der Waals surface area (Å²) in [5.41, 5.74) is 5.23. The van der Waals surface area contributed by atoms with E-state index in [0.717, 1.165) is 27.8 Å². The predicted molar refractivity (Wildman–Crippen MR) is 153 cm³/mol. The molecule has 0 fully saturated rings. The summed E-state index contributed by atoms with van der Waals surface area (Å²) in [6.07, 6.45) is 0. The van der Waals surface area contributed by atoms with E-state index in [0.29, 0.717) is 21.8 Å². The van der Waals surface area contributed by atoms with Crippen LogP contribution in [0, 0.1) is 10.1 Å². The number of alkyl halides is 2. The lowest BCUT2D eigenvalue weighted by atomic mass is 9.76. The van der Waals surface area contributed by atoms with Gasteiger partial charge in [-0.05, 0) is 27.5 Å². The molecule has 0 aromatic heterocycles. The molecular formula is C29H33Br2NO4. The first-order valence-corrected chi connectivity index (χ1v) is 14.0. The van der Waals surface area contributed by atoms with Gasteiger partial charge in [-0.1, -0.05) is 110 Å². The van der Waals surface area contributed by atoms with E-state index in [-0.39, 0.29) is 28.0 Å². The molecule has 0 saturated carbocycles. The number of phenolic OH excluding ortho intramolecular Hbond substituents is 2. The molecule has 0 heterocycles. The SMILES string of the molecule is CC(C)(C)c1cc(CBr)c(O)c(C(c2ccc([N+](=O)[O-])cc2)c2cc(C(C)(C)C)cc(CBr)c2O)c1. The number of nitro benzene ring substituents is 1. The van der Waals surface area contributed by atoms with Crippen molar-refractivity contribution >= 4 is 37.5 Å². The average Bonchev–Trinajstić information content (AvgIpc) is 2.80. The number of nitrogens with zero attached hydrogens (tertiary/aromatic N) is 1. The highest BCUT2D eigenvalue weighted by atomic mass is 79.9. The number of non-ortho nitro benzene ring substituents is 1. The number of hydrogen-bond acceptors (Lipinski definition) is 4. The zero-order valence-corrected chi connectivity index (χ0v) is 24.7. The number of hydrogen-bond donors (Lipinski definition) is 2. The van der Waals surface area contributed by atoms with Crippen LogP contribution in [0.3, 0.4) is 0 Å². The van der Waals surface area contributed by atoms with E-state index in [9.17, 15) is 20.3 Å². The average molecular weight is 619 g/mol. The van der Waals surface area contributed by atoms with E-state index >= 15 is 0 Å². The minimum absolute atomic E-state index is 0.0138. The summed E-state index contributed by atoms with van der Waals surface area (Å²) in [6.45, 7) is 12.7. The Labute approximate surface area is 230 Å². The normalized spacial score (nSPS) is 12.2. The lowest BCUT2D eigenvalue weighted by molar-refractivity contribution is -0.384. The van der Waals surface area contributed by atoms with Crippen LogP contribution in [0.1, 0.15) is 86.4 Å². The molecule has 0 atom stereocenters. The van der Waals surface area contributed by atoms with Crippen molar-refractivity contribution in [1.29, 1.82) is 0 Å². The molecule has 0 unspecified atom stereocenters. The van der Waals surface area contributed by atoms with Crippen LogP contribution in [-0.2, 0) is 21.5 Å². The number of aromatic hydroxyl groups is 2. The Balaban J connectivity index is 2.45. The van der Waals surface area contributed by atoms with E-state index in [1.54, 1.807) is 12.1 Å². The first-order chi connectivity index (χ1) is 16.7. The van der Waals surface area contributed by atoms with Gasteiger partial charge in [0, 0.05) is 51.0 Å². The van der Waals surface area contributed by atoms with Crippen molar-refractivity contribution in [3.8, 4) is 11.5 Å². The lowest BCUT2D eigenvalue weighted by Gasteiger charge is -2.29. The van der Waals surface area contributed by atoms with Crippen LogP contribution in [0.2, 0.25) is 0 Å². The summed E-state index contributed by atoms with van der Waals surface area (Å²) in [7, 11) is 0. The molecule has 3 aromatic rings. The summed E-state index contributed by atoms with van der Waals surface area (Å²) in [4.78, 5) is 10.9. The second kappa shape index (κ2) is 10.5. The standard InChI is InChI=1S/C29H33Br2NO4/c1-28(2,3)20-11-18(15-30)26(33)23(13-20)25(17-7-9-22(10-8-17)32(35)36)24-14-21(29(4,5)6)12-19(16-31)27(24)34/h7-14,25,33-34H,15-16H2,1-6H3. The van der Waals surface area contributed by atoms with Gasteiger partial charge in [-0.25, -0.2) is 0 Å². The second-order valence-corrected chi connectivity index (χ2v) is 12.3. The van der Waals surface area contributed by atoms with Crippen molar-refractivity contribution in [3.05, 3.63) is 97.6 Å². The van der Waals surface area contributed by atoms with Crippen LogP contribution in [0.15, 0.2) is 48.5 Å². The molecule has 3 rings (SSSR count). The fourth-order valence-electron chi connectivity index (χ4n) is 4.26. The number of phenols is 2. The predicted octanol–water partition coefficient (Wildman–Crippen LogP) is 8.57. The van der Waals surface area contributed by atoms with Crippen LogP contribution in [0.25, 0.3) is 0 Å². The molecule has 192 valence electrons. The summed E-state index contributed by atoms with van der Waals surface area (Å²) in [6, 6.07) is 14.3. The van der Waals surface area contributed by atoms with Gasteiger partial charge in [0.15, 0.2) is 0 Å². The summed E-state index contributed by atoms with van der Waals surface area (Å²) >= 11 is 7.03. The quantitative estimate of drug-likeness (QED) is 0.125. The van der Waals surface area contributed by atoms with Gasteiger partial charge in [-0.3, -0.25) is 10.1 Å². The molecule has 2 N–H and O–H groups in total. The number of halogens is 2. The Morgan fingerprint density at radius 1 is 0.778 bits per heavy atom. The fourth-order valence-corrected chi connectivity index (χ4v) is 5.12. The maximum atomic E-state index is 11.4. The molecule has 36 heavy (non-hydrogen) atoms. The maximum Gasteiger partial charge on any atom is 0.269 e. The molecule has 3 aromatic carbocycles. The van der Waals surface area contributed by atoms with Gasteiger partial charge in [-0.15, -0.1) is 0 Å². The monoisotopic (exact) mass is 617 g/mol. The smallest absolute Gasteiger partial charge is 0.269 e. The minimum Gasteiger partial charge on any atom is -0.507 e. The third kappa shape index (κ3) is 5.78. The third-order valence-electron chi connectivity index (χ3n) is 6.52. The van der Waals surface area contributed by atoms with Crippen LogP contribution in [0.5, 0.6) is 11.5 Å². The molecule has 7 heteroatoms. The van der Waals surface area contributed by atoms with Gasteiger partial charge >= 0.3 is 0 Å².